The van der Waals surface area contributed by atoms with E-state index in [0.717, 1.165) is 37.0 Å². The number of methoxy groups -OCH3 is 1. The number of rotatable bonds is 5. The van der Waals surface area contributed by atoms with Gasteiger partial charge in [0.1, 0.15) is 0 Å². The molecule has 0 saturated carbocycles. The van der Waals surface area contributed by atoms with Gasteiger partial charge in [-0.25, -0.2) is 9.59 Å². The van der Waals surface area contributed by atoms with Crippen molar-refractivity contribution >= 4 is 29.5 Å². The molecule has 0 aromatic carbocycles. The van der Waals surface area contributed by atoms with E-state index in [1.54, 1.807) is 17.4 Å². The van der Waals surface area contributed by atoms with Gasteiger partial charge in [-0.1, -0.05) is 0 Å². The zero-order chi connectivity index (χ0) is 15.2. The highest BCUT2D eigenvalue weighted by Crippen LogP contribution is 2.21. The van der Waals surface area contributed by atoms with Crippen LogP contribution in [0.3, 0.4) is 0 Å². The Kier molecular flexibility index (Phi) is 5.35. The number of carbonyl (C=O) groups excluding carboxylic acids is 1. The van der Waals surface area contributed by atoms with E-state index in [1.807, 2.05) is 12.1 Å². The third-order valence-corrected chi connectivity index (χ3v) is 4.27. The third kappa shape index (κ3) is 4.87. The Morgan fingerprint density at radius 1 is 1.57 bits per heavy atom. The molecule has 1 aliphatic heterocycles. The van der Waals surface area contributed by atoms with Crippen LogP contribution in [-0.4, -0.2) is 48.3 Å². The monoisotopic (exact) mass is 310 g/mol. The molecule has 1 amide bonds. The summed E-state index contributed by atoms with van der Waals surface area (Å²) in [6, 6.07) is 4.05. The van der Waals surface area contributed by atoms with E-state index in [0.29, 0.717) is 0 Å². The highest BCUT2D eigenvalue weighted by atomic mass is 32.1. The van der Waals surface area contributed by atoms with Crippen LogP contribution in [0.4, 0.5) is 4.79 Å². The molecule has 1 aromatic heterocycles. The molecule has 114 valence electrons. The second-order valence-corrected chi connectivity index (χ2v) is 6.03. The molecule has 2 rings (SSSR count). The molecule has 21 heavy (non-hydrogen) atoms. The fourth-order valence-corrected chi connectivity index (χ4v) is 3.22. The van der Waals surface area contributed by atoms with E-state index in [9.17, 15) is 9.59 Å². The van der Waals surface area contributed by atoms with E-state index in [1.165, 1.54) is 12.0 Å². The lowest BCUT2D eigenvalue weighted by Crippen LogP contribution is -2.36. The third-order valence-electron chi connectivity index (χ3n) is 3.23. The van der Waals surface area contributed by atoms with Crippen LogP contribution in [0, 0.1) is 0 Å². The van der Waals surface area contributed by atoms with Crippen molar-refractivity contribution in [1.29, 1.82) is 0 Å². The number of nitrogens with zero attached hydrogens (tertiary/aromatic N) is 1. The van der Waals surface area contributed by atoms with Crippen LogP contribution in [0.15, 0.2) is 18.2 Å². The molecule has 7 heteroatoms. The number of ether oxygens (including phenoxy) is 1. The van der Waals surface area contributed by atoms with Crippen LogP contribution < -0.4 is 5.32 Å². The van der Waals surface area contributed by atoms with Gasteiger partial charge in [0, 0.05) is 41.5 Å². The summed E-state index contributed by atoms with van der Waals surface area (Å²) < 4.78 is 4.59. The summed E-state index contributed by atoms with van der Waals surface area (Å²) in [4.78, 5) is 26.0. The molecule has 0 radical (unpaired) electrons. The van der Waals surface area contributed by atoms with Crippen molar-refractivity contribution in [2.45, 2.75) is 19.0 Å². The first-order valence-corrected chi connectivity index (χ1v) is 7.45. The Morgan fingerprint density at radius 3 is 3.10 bits per heavy atom. The molecule has 1 saturated heterocycles. The summed E-state index contributed by atoms with van der Waals surface area (Å²) in [5.41, 5.74) is 0. The summed E-state index contributed by atoms with van der Waals surface area (Å²) in [6.07, 6.45) is 3.26. The van der Waals surface area contributed by atoms with Gasteiger partial charge in [-0.3, -0.25) is 4.90 Å². The van der Waals surface area contributed by atoms with Crippen molar-refractivity contribution in [3.8, 4) is 0 Å². The largest absolute Gasteiger partial charge is 0.478 e. The number of carboxylic acids is 1. The summed E-state index contributed by atoms with van der Waals surface area (Å²) in [7, 11) is 1.36. The van der Waals surface area contributed by atoms with E-state index in [2.05, 4.69) is 15.0 Å². The first-order valence-electron chi connectivity index (χ1n) is 6.63. The lowest BCUT2D eigenvalue weighted by atomic mass is 10.3. The van der Waals surface area contributed by atoms with Crippen LogP contribution in [0.2, 0.25) is 0 Å². The number of hydrogen-bond donors (Lipinski definition) is 2. The molecule has 2 heterocycles. The van der Waals surface area contributed by atoms with Crippen LogP contribution >= 0.6 is 11.3 Å². The minimum atomic E-state index is -0.943. The molecule has 6 nitrogen and oxygen atoms in total. The number of hydrogen-bond acceptors (Lipinski definition) is 5. The molecule has 2 N–H and O–H groups in total. The predicted molar refractivity (Wildman–Crippen MR) is 80.2 cm³/mol. The van der Waals surface area contributed by atoms with Crippen molar-refractivity contribution < 1.29 is 19.4 Å². The van der Waals surface area contributed by atoms with Crippen LogP contribution in [-0.2, 0) is 16.1 Å². The lowest BCUT2D eigenvalue weighted by Gasteiger charge is -2.15. The highest BCUT2D eigenvalue weighted by Gasteiger charge is 2.24. The minimum absolute atomic E-state index is 0.129. The molecule has 1 unspecified atom stereocenters. The van der Waals surface area contributed by atoms with Crippen LogP contribution in [0.5, 0.6) is 0 Å². The Morgan fingerprint density at radius 2 is 2.38 bits per heavy atom. The van der Waals surface area contributed by atoms with Crippen molar-refractivity contribution in [2.75, 3.05) is 20.2 Å². The van der Waals surface area contributed by atoms with Crippen molar-refractivity contribution in [3.05, 3.63) is 28.0 Å². The zero-order valence-electron chi connectivity index (χ0n) is 11.7. The second-order valence-electron chi connectivity index (χ2n) is 4.83. The van der Waals surface area contributed by atoms with E-state index in [4.69, 9.17) is 5.11 Å². The Labute approximate surface area is 127 Å². The lowest BCUT2D eigenvalue weighted by molar-refractivity contribution is -0.131. The average Bonchev–Trinajstić information content (AvgIpc) is 3.06. The first kappa shape index (κ1) is 15.5. The van der Waals surface area contributed by atoms with Gasteiger partial charge in [-0.05, 0) is 24.6 Å². The predicted octanol–water partition coefficient (Wildman–Crippen LogP) is 1.78. The van der Waals surface area contributed by atoms with E-state index >= 15 is 0 Å². The summed E-state index contributed by atoms with van der Waals surface area (Å²) in [6.45, 7) is 2.53. The van der Waals surface area contributed by atoms with Crippen molar-refractivity contribution in [2.24, 2.45) is 0 Å². The van der Waals surface area contributed by atoms with Crippen molar-refractivity contribution in [1.82, 2.24) is 10.2 Å². The quantitative estimate of drug-likeness (QED) is 0.811. The smallest absolute Gasteiger partial charge is 0.407 e. The van der Waals surface area contributed by atoms with E-state index in [-0.39, 0.29) is 12.1 Å². The van der Waals surface area contributed by atoms with Gasteiger partial charge in [-0.2, -0.15) is 0 Å². The SMILES string of the molecule is COC(=O)NC1CCN(Cc2ccc(/C=C/C(=O)O)s2)C1. The maximum Gasteiger partial charge on any atom is 0.407 e. The maximum absolute atomic E-state index is 11.2. The number of alkyl carbamates (subject to hydrolysis) is 1. The fraction of sp³-hybridized carbons (Fsp3) is 0.429. The summed E-state index contributed by atoms with van der Waals surface area (Å²) >= 11 is 1.58. The Hall–Kier alpha value is -1.86. The van der Waals surface area contributed by atoms with E-state index < -0.39 is 5.97 Å². The van der Waals surface area contributed by atoms with Gasteiger partial charge in [0.05, 0.1) is 7.11 Å². The topological polar surface area (TPSA) is 78.9 Å². The maximum atomic E-state index is 11.2. The summed E-state index contributed by atoms with van der Waals surface area (Å²) in [5.74, 6) is -0.943. The Bertz CT molecular complexity index is 541. The van der Waals surface area contributed by atoms with Crippen LogP contribution in [0.1, 0.15) is 16.2 Å². The molecular formula is C14H18N2O4S. The first-order chi connectivity index (χ1) is 10.1. The molecule has 1 atom stereocenters. The van der Waals surface area contributed by atoms with Gasteiger partial charge in [0.15, 0.2) is 0 Å². The number of carbonyl (C=O) groups is 2. The second kappa shape index (κ2) is 7.24. The summed E-state index contributed by atoms with van der Waals surface area (Å²) in [5, 5.41) is 11.4. The van der Waals surface area contributed by atoms with Crippen LogP contribution in [0.25, 0.3) is 6.08 Å². The van der Waals surface area contributed by atoms with Gasteiger partial charge in [0.25, 0.3) is 0 Å². The Balaban J connectivity index is 1.83. The standard InChI is InChI=1S/C14H18N2O4S/c1-20-14(19)15-10-6-7-16(8-10)9-12-3-2-11(21-12)4-5-13(17)18/h2-5,10H,6-9H2,1H3,(H,15,19)(H,17,18)/b5-4+. The molecule has 0 spiro atoms. The number of carboxylic acid groups (broad SMARTS) is 1. The van der Waals surface area contributed by atoms with Gasteiger partial charge >= 0.3 is 12.1 Å². The fourth-order valence-electron chi connectivity index (χ4n) is 2.26. The minimum Gasteiger partial charge on any atom is -0.478 e. The number of likely N-dealkylation sites (tertiary alicyclic amines) is 1. The highest BCUT2D eigenvalue weighted by molar-refractivity contribution is 7.12. The molecule has 0 bridgehead atoms. The molecule has 1 aliphatic rings. The number of thiophene rings is 1. The van der Waals surface area contributed by atoms with Gasteiger partial charge in [-0.15, -0.1) is 11.3 Å². The molecular weight excluding hydrogens is 292 g/mol. The van der Waals surface area contributed by atoms with Gasteiger partial charge in [0.2, 0.25) is 0 Å². The zero-order valence-corrected chi connectivity index (χ0v) is 12.6. The molecule has 1 aromatic rings. The molecule has 0 aliphatic carbocycles. The average molecular weight is 310 g/mol. The number of amides is 1. The molecule has 1 fully saturated rings. The number of aliphatic carboxylic acids is 1. The number of nitrogens with one attached hydrogen (secondary N) is 1. The van der Waals surface area contributed by atoms with Gasteiger partial charge < -0.3 is 15.2 Å². The van der Waals surface area contributed by atoms with Crippen molar-refractivity contribution in [3.63, 3.8) is 0 Å². The normalized spacial score (nSPS) is 19.0.